The minimum Gasteiger partial charge on any atom is -0.312 e. The van der Waals surface area contributed by atoms with Gasteiger partial charge in [0.15, 0.2) is 0 Å². The molecule has 1 N–H and O–H groups in total. The van der Waals surface area contributed by atoms with Crippen LogP contribution in [0.5, 0.6) is 0 Å². The Labute approximate surface area is 91.7 Å². The van der Waals surface area contributed by atoms with Crippen LogP contribution >= 0.6 is 0 Å². The van der Waals surface area contributed by atoms with Crippen molar-refractivity contribution in [3.8, 4) is 0 Å². The Kier molecular flexibility index (Phi) is 11.1. The van der Waals surface area contributed by atoms with Crippen LogP contribution in [0, 0.1) is 11.8 Å². The van der Waals surface area contributed by atoms with E-state index in [-0.39, 0.29) is 0 Å². The van der Waals surface area contributed by atoms with Crippen molar-refractivity contribution in [1.82, 2.24) is 5.32 Å². The predicted octanol–water partition coefficient (Wildman–Crippen LogP) is 4.08. The third kappa shape index (κ3) is 22.7. The molecule has 0 aliphatic rings. The zero-order chi connectivity index (χ0) is 11.7. The van der Waals surface area contributed by atoms with Gasteiger partial charge in [0.1, 0.15) is 0 Å². The van der Waals surface area contributed by atoms with Gasteiger partial charge in [0.05, 0.1) is 0 Å². The SMILES string of the molecule is CC(C)CC(C)C.CC(C)NC(C)C. The highest BCUT2D eigenvalue weighted by atomic mass is 14.9. The van der Waals surface area contributed by atoms with Crippen LogP contribution in [0.15, 0.2) is 0 Å². The third-order valence-electron chi connectivity index (χ3n) is 1.61. The maximum atomic E-state index is 3.31. The maximum Gasteiger partial charge on any atom is 0.00127 e. The number of hydrogen-bond acceptors (Lipinski definition) is 1. The van der Waals surface area contributed by atoms with Gasteiger partial charge in [0, 0.05) is 12.1 Å². The lowest BCUT2D eigenvalue weighted by Crippen LogP contribution is -2.29. The fourth-order valence-corrected chi connectivity index (χ4v) is 1.61. The molecular weight excluding hydrogens is 170 g/mol. The van der Waals surface area contributed by atoms with Gasteiger partial charge in [0.25, 0.3) is 0 Å². The molecule has 0 aromatic heterocycles. The van der Waals surface area contributed by atoms with Crippen LogP contribution in [0.1, 0.15) is 61.8 Å². The second-order valence-electron chi connectivity index (χ2n) is 5.50. The number of hydrogen-bond donors (Lipinski definition) is 1. The van der Waals surface area contributed by atoms with E-state index in [1.165, 1.54) is 6.42 Å². The van der Waals surface area contributed by atoms with Crippen LogP contribution in [-0.4, -0.2) is 12.1 Å². The fourth-order valence-electron chi connectivity index (χ4n) is 1.61. The highest BCUT2D eigenvalue weighted by molar-refractivity contribution is 4.55. The molecule has 0 saturated carbocycles. The second-order valence-corrected chi connectivity index (χ2v) is 5.50. The molecular formula is C13H31N. The van der Waals surface area contributed by atoms with Crippen molar-refractivity contribution < 1.29 is 0 Å². The van der Waals surface area contributed by atoms with Crippen LogP contribution in [0.3, 0.4) is 0 Å². The number of rotatable bonds is 4. The van der Waals surface area contributed by atoms with Crippen molar-refractivity contribution in [2.24, 2.45) is 11.8 Å². The first kappa shape index (κ1) is 16.4. The summed E-state index contributed by atoms with van der Waals surface area (Å²) in [6.07, 6.45) is 1.36. The molecule has 0 heterocycles. The molecule has 0 aromatic carbocycles. The zero-order valence-corrected chi connectivity index (χ0v) is 11.5. The van der Waals surface area contributed by atoms with Crippen molar-refractivity contribution >= 4 is 0 Å². The molecule has 1 heteroatoms. The Morgan fingerprint density at radius 3 is 0.929 bits per heavy atom. The summed E-state index contributed by atoms with van der Waals surface area (Å²) in [6.45, 7) is 17.7. The van der Waals surface area contributed by atoms with E-state index in [0.29, 0.717) is 12.1 Å². The Balaban J connectivity index is 0. The summed E-state index contributed by atoms with van der Waals surface area (Å²) in [5.41, 5.74) is 0. The van der Waals surface area contributed by atoms with Crippen molar-refractivity contribution in [1.29, 1.82) is 0 Å². The molecule has 0 unspecified atom stereocenters. The van der Waals surface area contributed by atoms with E-state index in [2.05, 4.69) is 60.7 Å². The van der Waals surface area contributed by atoms with Crippen LogP contribution in [0.4, 0.5) is 0 Å². The van der Waals surface area contributed by atoms with Crippen LogP contribution in [0.2, 0.25) is 0 Å². The Morgan fingerprint density at radius 1 is 0.643 bits per heavy atom. The average molecular weight is 201 g/mol. The van der Waals surface area contributed by atoms with Gasteiger partial charge in [-0.1, -0.05) is 55.4 Å². The smallest absolute Gasteiger partial charge is 0.00127 e. The molecule has 0 bridgehead atoms. The number of nitrogens with one attached hydrogen (secondary N) is 1. The minimum absolute atomic E-state index is 0.625. The van der Waals surface area contributed by atoms with E-state index in [1.807, 2.05) is 0 Å². The van der Waals surface area contributed by atoms with Gasteiger partial charge < -0.3 is 5.32 Å². The monoisotopic (exact) mass is 201 g/mol. The second kappa shape index (κ2) is 9.51. The molecule has 0 aliphatic heterocycles. The highest BCUT2D eigenvalue weighted by Gasteiger charge is 1.95. The van der Waals surface area contributed by atoms with Crippen molar-refractivity contribution in [3.63, 3.8) is 0 Å². The molecule has 0 aliphatic carbocycles. The van der Waals surface area contributed by atoms with Gasteiger partial charge in [-0.05, 0) is 18.3 Å². The van der Waals surface area contributed by atoms with E-state index in [9.17, 15) is 0 Å². The maximum absolute atomic E-state index is 3.31. The van der Waals surface area contributed by atoms with Gasteiger partial charge in [-0.2, -0.15) is 0 Å². The van der Waals surface area contributed by atoms with E-state index in [4.69, 9.17) is 0 Å². The molecule has 0 atom stereocenters. The summed E-state index contributed by atoms with van der Waals surface area (Å²) in [6, 6.07) is 1.25. The molecule has 0 amide bonds. The van der Waals surface area contributed by atoms with Gasteiger partial charge in [-0.3, -0.25) is 0 Å². The summed E-state index contributed by atoms with van der Waals surface area (Å²) in [5.74, 6) is 1.75. The Morgan fingerprint density at radius 2 is 0.929 bits per heavy atom. The lowest BCUT2D eigenvalue weighted by molar-refractivity contribution is 0.469. The first-order chi connectivity index (χ1) is 6.25. The fraction of sp³-hybridized carbons (Fsp3) is 1.00. The van der Waals surface area contributed by atoms with Gasteiger partial charge >= 0.3 is 0 Å². The van der Waals surface area contributed by atoms with E-state index >= 15 is 0 Å². The topological polar surface area (TPSA) is 12.0 Å². The molecule has 0 radical (unpaired) electrons. The summed E-state index contributed by atoms with van der Waals surface area (Å²) in [4.78, 5) is 0. The molecule has 88 valence electrons. The van der Waals surface area contributed by atoms with Crippen LogP contribution in [0.25, 0.3) is 0 Å². The van der Waals surface area contributed by atoms with Gasteiger partial charge in [-0.15, -0.1) is 0 Å². The summed E-state index contributed by atoms with van der Waals surface area (Å²) in [5, 5.41) is 3.31. The Hall–Kier alpha value is -0.0400. The van der Waals surface area contributed by atoms with Gasteiger partial charge in [0.2, 0.25) is 0 Å². The average Bonchev–Trinajstić information content (AvgIpc) is 1.79. The molecule has 0 spiro atoms. The van der Waals surface area contributed by atoms with Gasteiger partial charge in [-0.25, -0.2) is 0 Å². The largest absolute Gasteiger partial charge is 0.312 e. The lowest BCUT2D eigenvalue weighted by Gasteiger charge is -2.10. The molecule has 0 saturated heterocycles. The Bertz CT molecular complexity index is 77.8. The predicted molar refractivity (Wildman–Crippen MR) is 67.7 cm³/mol. The lowest BCUT2D eigenvalue weighted by atomic mass is 10.0. The minimum atomic E-state index is 0.625. The van der Waals surface area contributed by atoms with E-state index in [1.54, 1.807) is 0 Å². The molecule has 14 heavy (non-hydrogen) atoms. The third-order valence-corrected chi connectivity index (χ3v) is 1.61. The zero-order valence-electron chi connectivity index (χ0n) is 11.5. The quantitative estimate of drug-likeness (QED) is 0.722. The van der Waals surface area contributed by atoms with Crippen LogP contribution < -0.4 is 5.32 Å². The standard InChI is InChI=1S/C7H16.C6H15N/c1-6(2)5-7(3)4;1-5(2)7-6(3)4/h6-7H,5H2,1-4H3;5-7H,1-4H3. The summed E-state index contributed by atoms with van der Waals surface area (Å²) >= 11 is 0. The van der Waals surface area contributed by atoms with Crippen molar-refractivity contribution in [2.75, 3.05) is 0 Å². The first-order valence-electron chi connectivity index (χ1n) is 6.01. The summed E-state index contributed by atoms with van der Waals surface area (Å²) < 4.78 is 0. The molecule has 0 rings (SSSR count). The molecule has 0 fully saturated rings. The van der Waals surface area contributed by atoms with Crippen molar-refractivity contribution in [2.45, 2.75) is 73.9 Å². The highest BCUT2D eigenvalue weighted by Crippen LogP contribution is 2.08. The normalized spacial score (nSPS) is 11.1. The van der Waals surface area contributed by atoms with Crippen LogP contribution in [-0.2, 0) is 0 Å². The molecule has 1 nitrogen and oxygen atoms in total. The van der Waals surface area contributed by atoms with E-state index in [0.717, 1.165) is 11.8 Å². The summed E-state index contributed by atoms with van der Waals surface area (Å²) in [7, 11) is 0. The van der Waals surface area contributed by atoms with Crippen molar-refractivity contribution in [3.05, 3.63) is 0 Å². The first-order valence-corrected chi connectivity index (χ1v) is 6.01. The van der Waals surface area contributed by atoms with E-state index < -0.39 is 0 Å². The molecule has 0 aromatic rings.